The van der Waals surface area contributed by atoms with Crippen molar-refractivity contribution in [2.24, 2.45) is 5.73 Å². The zero-order valence-corrected chi connectivity index (χ0v) is 12.6. The smallest absolute Gasteiger partial charge is 0.127 e. The first-order chi connectivity index (χ1) is 9.28. The fraction of sp³-hybridized carbons (Fsp3) is 0.571. The summed E-state index contributed by atoms with van der Waals surface area (Å²) < 4.78 is 6.95. The van der Waals surface area contributed by atoms with E-state index in [1.165, 1.54) is 11.1 Å². The highest BCUT2D eigenvalue weighted by Crippen LogP contribution is 2.34. The molecule has 3 rings (SSSR count). The topological polar surface area (TPSA) is 50.5 Å². The predicted molar refractivity (Wildman–Crippen MR) is 79.5 cm³/mol. The van der Waals surface area contributed by atoms with Gasteiger partial charge in [0.15, 0.2) is 0 Å². The number of benzene rings is 1. The minimum absolute atomic E-state index is 0.421. The number of hydrogen-bond donors (Lipinski definition) is 2. The molecule has 1 aromatic carbocycles. The maximum Gasteiger partial charge on any atom is 0.127 e. The number of piperazine rings is 1. The first kappa shape index (κ1) is 13.4. The van der Waals surface area contributed by atoms with E-state index in [2.05, 4.69) is 38.3 Å². The highest BCUT2D eigenvalue weighted by molar-refractivity contribution is 9.10. The zero-order valence-electron chi connectivity index (χ0n) is 11.0. The third-order valence-corrected chi connectivity index (χ3v) is 4.40. The third kappa shape index (κ3) is 2.79. The number of nitrogens with two attached hydrogens (primary N) is 1. The maximum atomic E-state index is 5.87. The number of ether oxygens (including phenoxy) is 1. The molecule has 0 bridgehead atoms. The SMILES string of the molecule is NCC1CNCCN1Cc1cc(Br)cc2c1OCC2. The second-order valence-electron chi connectivity index (χ2n) is 5.22. The summed E-state index contributed by atoms with van der Waals surface area (Å²) in [6.07, 6.45) is 1.02. The van der Waals surface area contributed by atoms with Crippen molar-refractivity contribution < 1.29 is 4.74 Å². The minimum atomic E-state index is 0.421. The van der Waals surface area contributed by atoms with Gasteiger partial charge >= 0.3 is 0 Å². The average molecular weight is 326 g/mol. The molecule has 2 aliphatic heterocycles. The van der Waals surface area contributed by atoms with Crippen LogP contribution in [0.1, 0.15) is 11.1 Å². The minimum Gasteiger partial charge on any atom is -0.493 e. The molecule has 0 saturated carbocycles. The van der Waals surface area contributed by atoms with Crippen LogP contribution in [0.25, 0.3) is 0 Å². The van der Waals surface area contributed by atoms with Crippen LogP contribution in [-0.4, -0.2) is 43.7 Å². The molecule has 19 heavy (non-hydrogen) atoms. The normalized spacial score (nSPS) is 23.2. The molecule has 0 radical (unpaired) electrons. The second-order valence-corrected chi connectivity index (χ2v) is 6.13. The predicted octanol–water partition coefficient (Wildman–Crippen LogP) is 1.12. The Bertz CT molecular complexity index is 466. The Labute approximate surface area is 122 Å². The first-order valence-corrected chi connectivity index (χ1v) is 7.66. The van der Waals surface area contributed by atoms with Crippen LogP contribution >= 0.6 is 15.9 Å². The van der Waals surface area contributed by atoms with Crippen LogP contribution < -0.4 is 15.8 Å². The molecule has 0 amide bonds. The molecule has 1 aromatic rings. The molecule has 3 N–H and O–H groups in total. The van der Waals surface area contributed by atoms with E-state index in [1.807, 2.05) is 0 Å². The van der Waals surface area contributed by atoms with Crippen molar-refractivity contribution in [3.05, 3.63) is 27.7 Å². The molecule has 2 aliphatic rings. The van der Waals surface area contributed by atoms with E-state index in [1.54, 1.807) is 0 Å². The monoisotopic (exact) mass is 325 g/mol. The van der Waals surface area contributed by atoms with E-state index in [9.17, 15) is 0 Å². The van der Waals surface area contributed by atoms with Gasteiger partial charge in [-0.05, 0) is 17.7 Å². The summed E-state index contributed by atoms with van der Waals surface area (Å²) in [6.45, 7) is 5.49. The van der Waals surface area contributed by atoms with Gasteiger partial charge in [-0.25, -0.2) is 0 Å². The summed E-state index contributed by atoms with van der Waals surface area (Å²) in [5, 5.41) is 3.40. The largest absolute Gasteiger partial charge is 0.493 e. The summed E-state index contributed by atoms with van der Waals surface area (Å²) in [4.78, 5) is 2.46. The lowest BCUT2D eigenvalue weighted by Gasteiger charge is -2.35. The molecule has 1 saturated heterocycles. The Morgan fingerprint density at radius 2 is 2.37 bits per heavy atom. The Hall–Kier alpha value is -0.620. The Kier molecular flexibility index (Phi) is 4.07. The van der Waals surface area contributed by atoms with Gasteiger partial charge in [-0.1, -0.05) is 15.9 Å². The van der Waals surface area contributed by atoms with Crippen LogP contribution in [0, 0.1) is 0 Å². The van der Waals surface area contributed by atoms with Crippen LogP contribution in [0.3, 0.4) is 0 Å². The van der Waals surface area contributed by atoms with E-state index in [-0.39, 0.29) is 0 Å². The number of fused-ring (bicyclic) bond motifs is 1. The van der Waals surface area contributed by atoms with Crippen LogP contribution in [0.15, 0.2) is 16.6 Å². The zero-order chi connectivity index (χ0) is 13.2. The van der Waals surface area contributed by atoms with Crippen LogP contribution in [-0.2, 0) is 13.0 Å². The van der Waals surface area contributed by atoms with Crippen molar-refractivity contribution in [1.29, 1.82) is 0 Å². The molecule has 104 valence electrons. The summed E-state index contributed by atoms with van der Waals surface area (Å²) >= 11 is 3.60. The summed E-state index contributed by atoms with van der Waals surface area (Å²) in [7, 11) is 0. The lowest BCUT2D eigenvalue weighted by atomic mass is 10.1. The van der Waals surface area contributed by atoms with Crippen molar-refractivity contribution in [1.82, 2.24) is 10.2 Å². The highest BCUT2D eigenvalue weighted by atomic mass is 79.9. The summed E-state index contributed by atoms with van der Waals surface area (Å²) in [5.74, 6) is 1.09. The van der Waals surface area contributed by atoms with Crippen LogP contribution in [0.2, 0.25) is 0 Å². The number of nitrogens with zero attached hydrogens (tertiary/aromatic N) is 1. The van der Waals surface area contributed by atoms with Gasteiger partial charge in [-0.15, -0.1) is 0 Å². The lowest BCUT2D eigenvalue weighted by molar-refractivity contribution is 0.156. The molecule has 1 atom stereocenters. The summed E-state index contributed by atoms with van der Waals surface area (Å²) in [5.41, 5.74) is 8.47. The first-order valence-electron chi connectivity index (χ1n) is 6.87. The molecule has 4 nitrogen and oxygen atoms in total. The molecular formula is C14H20BrN3O. The molecule has 0 aliphatic carbocycles. The Balaban J connectivity index is 1.82. The van der Waals surface area contributed by atoms with Crippen molar-refractivity contribution in [2.45, 2.75) is 19.0 Å². The van der Waals surface area contributed by atoms with Gasteiger partial charge in [0.05, 0.1) is 6.61 Å². The van der Waals surface area contributed by atoms with E-state index in [4.69, 9.17) is 10.5 Å². The molecular weight excluding hydrogens is 306 g/mol. The fourth-order valence-electron chi connectivity index (χ4n) is 2.93. The second kappa shape index (κ2) is 5.79. The number of rotatable bonds is 3. The van der Waals surface area contributed by atoms with E-state index in [0.717, 1.165) is 49.4 Å². The van der Waals surface area contributed by atoms with Gasteiger partial charge < -0.3 is 15.8 Å². The maximum absolute atomic E-state index is 5.87. The van der Waals surface area contributed by atoms with Gasteiger partial charge in [0.25, 0.3) is 0 Å². The Morgan fingerprint density at radius 1 is 1.47 bits per heavy atom. The van der Waals surface area contributed by atoms with Gasteiger partial charge in [0, 0.05) is 55.2 Å². The van der Waals surface area contributed by atoms with Crippen molar-refractivity contribution >= 4 is 15.9 Å². The van der Waals surface area contributed by atoms with Crippen molar-refractivity contribution in [2.75, 3.05) is 32.8 Å². The molecule has 0 spiro atoms. The number of nitrogens with one attached hydrogen (secondary N) is 1. The molecule has 2 heterocycles. The molecule has 1 fully saturated rings. The van der Waals surface area contributed by atoms with Gasteiger partial charge in [0.1, 0.15) is 5.75 Å². The quantitative estimate of drug-likeness (QED) is 0.874. The van der Waals surface area contributed by atoms with E-state index < -0.39 is 0 Å². The molecule has 5 heteroatoms. The fourth-order valence-corrected chi connectivity index (χ4v) is 3.48. The van der Waals surface area contributed by atoms with Gasteiger partial charge in [-0.3, -0.25) is 4.90 Å². The van der Waals surface area contributed by atoms with Crippen LogP contribution in [0.4, 0.5) is 0 Å². The molecule has 1 unspecified atom stereocenters. The third-order valence-electron chi connectivity index (χ3n) is 3.94. The van der Waals surface area contributed by atoms with Crippen molar-refractivity contribution in [3.8, 4) is 5.75 Å². The standard InChI is InChI=1S/C14H20BrN3O/c15-12-5-10-1-4-19-14(10)11(6-12)9-18-3-2-17-8-13(18)7-16/h5-6,13,17H,1-4,7-9,16H2. The van der Waals surface area contributed by atoms with E-state index >= 15 is 0 Å². The number of hydrogen-bond acceptors (Lipinski definition) is 4. The highest BCUT2D eigenvalue weighted by Gasteiger charge is 2.24. The van der Waals surface area contributed by atoms with Gasteiger partial charge in [-0.2, -0.15) is 0 Å². The molecule has 0 aromatic heterocycles. The average Bonchev–Trinajstić information content (AvgIpc) is 2.87. The van der Waals surface area contributed by atoms with Crippen LogP contribution in [0.5, 0.6) is 5.75 Å². The summed E-state index contributed by atoms with van der Waals surface area (Å²) in [6, 6.07) is 4.77. The number of halogens is 1. The van der Waals surface area contributed by atoms with Crippen molar-refractivity contribution in [3.63, 3.8) is 0 Å². The Morgan fingerprint density at radius 3 is 3.21 bits per heavy atom. The lowest BCUT2D eigenvalue weighted by Crippen LogP contribution is -2.53. The van der Waals surface area contributed by atoms with Gasteiger partial charge in [0.2, 0.25) is 0 Å². The van der Waals surface area contributed by atoms with E-state index in [0.29, 0.717) is 12.6 Å².